The Balaban J connectivity index is 1.51. The number of hydrogen-bond donors (Lipinski definition) is 1. The van der Waals surface area contributed by atoms with Crippen LogP contribution in [0.5, 0.6) is 0 Å². The number of nitrogens with one attached hydrogen (secondary N) is 1. The summed E-state index contributed by atoms with van der Waals surface area (Å²) >= 11 is 1.17. The van der Waals surface area contributed by atoms with Crippen LogP contribution in [0.2, 0.25) is 0 Å². The number of hydrogen-bond acceptors (Lipinski definition) is 5. The zero-order valence-corrected chi connectivity index (χ0v) is 13.5. The molecule has 0 bridgehead atoms. The Labute approximate surface area is 137 Å². The lowest BCUT2D eigenvalue weighted by Gasteiger charge is -2.27. The van der Waals surface area contributed by atoms with Gasteiger partial charge in [0.15, 0.2) is 5.69 Å². The highest BCUT2D eigenvalue weighted by Gasteiger charge is 2.27. The summed E-state index contributed by atoms with van der Waals surface area (Å²) in [5, 5.41) is 8.48. The van der Waals surface area contributed by atoms with E-state index in [0.717, 1.165) is 31.5 Å². The molecule has 7 heteroatoms. The number of amides is 1. The van der Waals surface area contributed by atoms with E-state index >= 15 is 0 Å². The lowest BCUT2D eigenvalue weighted by atomic mass is 9.91. The molecule has 2 aromatic heterocycles. The molecular formula is C16H18N4O2S. The van der Waals surface area contributed by atoms with Crippen molar-refractivity contribution in [3.05, 3.63) is 44.8 Å². The minimum Gasteiger partial charge on any atom is -0.348 e. The van der Waals surface area contributed by atoms with Gasteiger partial charge in [0, 0.05) is 29.7 Å². The lowest BCUT2D eigenvalue weighted by Crippen LogP contribution is -2.40. The van der Waals surface area contributed by atoms with Gasteiger partial charge in [0.1, 0.15) is 0 Å². The number of rotatable bonds is 4. The maximum absolute atomic E-state index is 12.1. The van der Waals surface area contributed by atoms with Crippen LogP contribution in [0.3, 0.4) is 0 Å². The second-order valence-corrected chi connectivity index (χ2v) is 7.01. The van der Waals surface area contributed by atoms with Gasteiger partial charge in [0.2, 0.25) is 0 Å². The molecule has 1 N–H and O–H groups in total. The van der Waals surface area contributed by atoms with Crippen LogP contribution in [0.1, 0.15) is 41.0 Å². The third-order valence-electron chi connectivity index (χ3n) is 4.65. The molecular weight excluding hydrogens is 312 g/mol. The van der Waals surface area contributed by atoms with Crippen molar-refractivity contribution in [3.8, 4) is 0 Å². The SMILES string of the molecule is O=C(N[C@@H]1CCc2c(ccc(=O)n2CC2CC2)C1)c1csnn1. The van der Waals surface area contributed by atoms with Crippen molar-refractivity contribution >= 4 is 17.4 Å². The molecule has 1 atom stereocenters. The quantitative estimate of drug-likeness (QED) is 0.919. The number of carbonyl (C=O) groups is 1. The summed E-state index contributed by atoms with van der Waals surface area (Å²) in [6.45, 7) is 0.851. The largest absolute Gasteiger partial charge is 0.348 e. The molecule has 0 saturated heterocycles. The molecule has 4 rings (SSSR count). The first-order valence-corrected chi connectivity index (χ1v) is 8.84. The molecule has 0 aromatic carbocycles. The van der Waals surface area contributed by atoms with Gasteiger partial charge in [-0.1, -0.05) is 10.6 Å². The molecule has 2 heterocycles. The number of nitrogens with zero attached hydrogens (tertiary/aromatic N) is 3. The van der Waals surface area contributed by atoms with Crippen molar-refractivity contribution in [1.82, 2.24) is 19.5 Å². The molecule has 2 aliphatic rings. The molecule has 120 valence electrons. The molecule has 6 nitrogen and oxygen atoms in total. The molecule has 23 heavy (non-hydrogen) atoms. The van der Waals surface area contributed by atoms with Crippen LogP contribution in [0.4, 0.5) is 0 Å². The minimum absolute atomic E-state index is 0.0866. The number of pyridine rings is 1. The van der Waals surface area contributed by atoms with Gasteiger partial charge in [-0.05, 0) is 55.1 Å². The first kappa shape index (κ1) is 14.6. The fraction of sp³-hybridized carbons (Fsp3) is 0.500. The van der Waals surface area contributed by atoms with E-state index in [9.17, 15) is 9.59 Å². The molecule has 0 spiro atoms. The molecule has 1 saturated carbocycles. The fourth-order valence-electron chi connectivity index (χ4n) is 3.23. The summed E-state index contributed by atoms with van der Waals surface area (Å²) in [5.41, 5.74) is 2.81. The summed E-state index contributed by atoms with van der Waals surface area (Å²) < 4.78 is 5.67. The van der Waals surface area contributed by atoms with Crippen LogP contribution in [0, 0.1) is 5.92 Å². The van der Waals surface area contributed by atoms with Crippen LogP contribution in [-0.4, -0.2) is 26.1 Å². The average Bonchev–Trinajstić information content (AvgIpc) is 3.19. The van der Waals surface area contributed by atoms with Crippen molar-refractivity contribution in [1.29, 1.82) is 0 Å². The Bertz CT molecular complexity index is 780. The highest BCUT2D eigenvalue weighted by molar-refractivity contribution is 7.03. The van der Waals surface area contributed by atoms with Crippen LogP contribution in [0.25, 0.3) is 0 Å². The molecule has 0 unspecified atom stereocenters. The predicted octanol–water partition coefficient (Wildman–Crippen LogP) is 1.40. The van der Waals surface area contributed by atoms with Crippen molar-refractivity contribution < 1.29 is 4.79 Å². The van der Waals surface area contributed by atoms with Gasteiger partial charge in [-0.25, -0.2) is 0 Å². The standard InChI is InChI=1S/C16H18N4O2S/c21-15-6-3-11-7-12(17-16(22)13-9-23-19-18-13)4-5-14(11)20(15)8-10-1-2-10/h3,6,9-10,12H,1-2,4-5,7-8H2,(H,17,22)/t12-/m1/s1. The van der Waals surface area contributed by atoms with Gasteiger partial charge in [0.05, 0.1) is 0 Å². The Morgan fingerprint density at radius 3 is 2.96 bits per heavy atom. The maximum Gasteiger partial charge on any atom is 0.272 e. The Kier molecular flexibility index (Phi) is 3.72. The van der Waals surface area contributed by atoms with Crippen molar-refractivity contribution in [2.45, 2.75) is 44.7 Å². The van der Waals surface area contributed by atoms with E-state index in [2.05, 4.69) is 14.9 Å². The Morgan fingerprint density at radius 1 is 1.35 bits per heavy atom. The normalized spacial score (nSPS) is 20.1. The Morgan fingerprint density at radius 2 is 2.22 bits per heavy atom. The van der Waals surface area contributed by atoms with Gasteiger partial charge in [0.25, 0.3) is 11.5 Å². The van der Waals surface area contributed by atoms with E-state index in [-0.39, 0.29) is 17.5 Å². The van der Waals surface area contributed by atoms with Crippen molar-refractivity contribution in [2.75, 3.05) is 0 Å². The third-order valence-corrected chi connectivity index (χ3v) is 5.16. The smallest absolute Gasteiger partial charge is 0.272 e. The van der Waals surface area contributed by atoms with E-state index in [1.165, 1.54) is 29.9 Å². The van der Waals surface area contributed by atoms with Gasteiger partial charge >= 0.3 is 0 Å². The van der Waals surface area contributed by atoms with Crippen LogP contribution in [0.15, 0.2) is 22.3 Å². The van der Waals surface area contributed by atoms with Gasteiger partial charge in [-0.2, -0.15) is 0 Å². The summed E-state index contributed by atoms with van der Waals surface area (Å²) in [4.78, 5) is 24.2. The van der Waals surface area contributed by atoms with Gasteiger partial charge < -0.3 is 9.88 Å². The average molecular weight is 330 g/mol. The minimum atomic E-state index is -0.168. The highest BCUT2D eigenvalue weighted by Crippen LogP contribution is 2.31. The summed E-state index contributed by atoms with van der Waals surface area (Å²) in [7, 11) is 0. The second-order valence-electron chi connectivity index (χ2n) is 6.40. The van der Waals surface area contributed by atoms with Crippen molar-refractivity contribution in [3.63, 3.8) is 0 Å². The van der Waals surface area contributed by atoms with Gasteiger partial charge in [-0.3, -0.25) is 9.59 Å². The molecule has 0 radical (unpaired) electrons. The summed E-state index contributed by atoms with van der Waals surface area (Å²) in [6.07, 6.45) is 4.92. The van der Waals surface area contributed by atoms with Crippen LogP contribution >= 0.6 is 11.5 Å². The summed E-state index contributed by atoms with van der Waals surface area (Å²) in [5.74, 6) is 0.507. The summed E-state index contributed by atoms with van der Waals surface area (Å²) in [6, 6.07) is 3.67. The second kappa shape index (κ2) is 5.88. The number of fused-ring (bicyclic) bond motifs is 1. The molecule has 0 aliphatic heterocycles. The predicted molar refractivity (Wildman–Crippen MR) is 86.6 cm³/mol. The first-order valence-electron chi connectivity index (χ1n) is 8.00. The monoisotopic (exact) mass is 330 g/mol. The van der Waals surface area contributed by atoms with Crippen LogP contribution < -0.4 is 10.9 Å². The maximum atomic E-state index is 12.1. The van der Waals surface area contributed by atoms with Gasteiger partial charge in [-0.15, -0.1) is 5.10 Å². The van der Waals surface area contributed by atoms with E-state index in [1.807, 2.05) is 10.6 Å². The number of carbonyl (C=O) groups excluding carboxylic acids is 1. The van der Waals surface area contributed by atoms with E-state index in [1.54, 1.807) is 11.4 Å². The zero-order valence-electron chi connectivity index (χ0n) is 12.7. The third kappa shape index (κ3) is 3.06. The van der Waals surface area contributed by atoms with Crippen molar-refractivity contribution in [2.24, 2.45) is 5.92 Å². The topological polar surface area (TPSA) is 76.9 Å². The first-order chi connectivity index (χ1) is 11.2. The van der Waals surface area contributed by atoms with E-state index < -0.39 is 0 Å². The molecule has 2 aliphatic carbocycles. The molecule has 2 aromatic rings. The lowest BCUT2D eigenvalue weighted by molar-refractivity contribution is 0.0928. The van der Waals surface area contributed by atoms with E-state index in [0.29, 0.717) is 11.6 Å². The van der Waals surface area contributed by atoms with Crippen LogP contribution in [-0.2, 0) is 19.4 Å². The molecule has 1 fully saturated rings. The van der Waals surface area contributed by atoms with E-state index in [4.69, 9.17) is 0 Å². The fourth-order valence-corrected chi connectivity index (χ4v) is 3.67. The Hall–Kier alpha value is -2.02. The zero-order chi connectivity index (χ0) is 15.8. The molecule has 1 amide bonds. The highest BCUT2D eigenvalue weighted by atomic mass is 32.1. The number of aromatic nitrogens is 3.